The lowest BCUT2D eigenvalue weighted by Crippen LogP contribution is -2.71. The summed E-state index contributed by atoms with van der Waals surface area (Å²) in [6.07, 6.45) is 3.62. The van der Waals surface area contributed by atoms with Crippen molar-refractivity contribution in [3.63, 3.8) is 0 Å². The number of amides is 2. The van der Waals surface area contributed by atoms with Crippen molar-refractivity contribution in [3.05, 3.63) is 40.8 Å². The Hall–Kier alpha value is -4.16. The molecule has 3 aromatic heterocycles. The van der Waals surface area contributed by atoms with Gasteiger partial charge in [0.15, 0.2) is 34.3 Å². The number of carboxylic acids is 2. The molecule has 0 spiro atoms. The van der Waals surface area contributed by atoms with Crippen LogP contribution < -0.4 is 15.6 Å². The molecule has 1 unspecified atom stereocenters. The molecule has 3 aromatic rings. The number of nitrogens with zero attached hydrogens (tertiary/aromatic N) is 5. The van der Waals surface area contributed by atoms with Gasteiger partial charge in [0.05, 0.1) is 0 Å². The number of fused-ring (bicyclic) bond motifs is 2. The molecule has 5 heterocycles. The summed E-state index contributed by atoms with van der Waals surface area (Å²) in [5, 5.41) is 26.1. The molecule has 5 N–H and O–H groups in total. The van der Waals surface area contributed by atoms with Gasteiger partial charge in [-0.2, -0.15) is 4.98 Å². The van der Waals surface area contributed by atoms with Crippen LogP contribution in [-0.2, 0) is 31.1 Å². The van der Waals surface area contributed by atoms with E-state index in [2.05, 4.69) is 20.4 Å². The molecule has 1 fully saturated rings. The zero-order valence-corrected chi connectivity index (χ0v) is 22.9. The van der Waals surface area contributed by atoms with Gasteiger partial charge in [-0.15, -0.1) is 23.1 Å². The van der Waals surface area contributed by atoms with Crippen LogP contribution in [-0.4, -0.2) is 84.1 Å². The number of hydrogen-bond donors (Lipinski definition) is 4. The highest BCUT2D eigenvalue weighted by Gasteiger charge is 2.54. The number of rotatable bonds is 10. The lowest BCUT2D eigenvalue weighted by Gasteiger charge is -2.49. The topological polar surface area (TPSA) is 214 Å². The van der Waals surface area contributed by atoms with Gasteiger partial charge < -0.3 is 30.5 Å². The van der Waals surface area contributed by atoms with Crippen molar-refractivity contribution >= 4 is 80.6 Å². The van der Waals surface area contributed by atoms with E-state index in [4.69, 9.17) is 20.1 Å². The molecule has 15 nitrogen and oxygen atoms in total. The Kier molecular flexibility index (Phi) is 7.63. The Morgan fingerprint density at radius 3 is 2.88 bits per heavy atom. The van der Waals surface area contributed by atoms with E-state index < -0.39 is 41.8 Å². The third kappa shape index (κ3) is 5.45. The Balaban J connectivity index is 1.30. The van der Waals surface area contributed by atoms with Gasteiger partial charge in [-0.1, -0.05) is 16.9 Å². The zero-order chi connectivity index (χ0) is 28.6. The maximum absolute atomic E-state index is 13.1. The summed E-state index contributed by atoms with van der Waals surface area (Å²) in [6, 6.07) is 0.722. The van der Waals surface area contributed by atoms with Gasteiger partial charge in [-0.3, -0.25) is 14.5 Å². The van der Waals surface area contributed by atoms with Crippen LogP contribution >= 0.6 is 34.9 Å². The third-order valence-electron chi connectivity index (χ3n) is 5.68. The van der Waals surface area contributed by atoms with Crippen molar-refractivity contribution in [2.24, 2.45) is 12.2 Å². The minimum atomic E-state index is -1.31. The summed E-state index contributed by atoms with van der Waals surface area (Å²) in [5.41, 5.74) is 6.90. The second kappa shape index (κ2) is 11.1. The number of oxime groups is 1. The zero-order valence-electron chi connectivity index (χ0n) is 20.5. The van der Waals surface area contributed by atoms with Crippen LogP contribution in [0.2, 0.25) is 0 Å². The predicted molar refractivity (Wildman–Crippen MR) is 142 cm³/mol. The summed E-state index contributed by atoms with van der Waals surface area (Å²) in [5.74, 6) is -3.55. The SMILES string of the molecule is C[n+]1ccc2oc(SCC3=C(C(=O)O)N4C(=O)C(NC(=O)C(=NOCC(=O)O)c5csc(N)n5)[C@@H]4SC3)nc2c1. The first kappa shape index (κ1) is 27.4. The summed E-state index contributed by atoms with van der Waals surface area (Å²) in [4.78, 5) is 63.3. The van der Waals surface area contributed by atoms with Crippen LogP contribution in [0.1, 0.15) is 5.69 Å². The molecule has 0 radical (unpaired) electrons. The molecule has 1 saturated heterocycles. The summed E-state index contributed by atoms with van der Waals surface area (Å²) >= 11 is 3.53. The number of nitrogens with one attached hydrogen (secondary N) is 1. The predicted octanol–water partition coefficient (Wildman–Crippen LogP) is 0.0272. The second-order valence-electron chi connectivity index (χ2n) is 8.42. The van der Waals surface area contributed by atoms with Crippen molar-refractivity contribution in [1.82, 2.24) is 20.2 Å². The molecule has 208 valence electrons. The van der Waals surface area contributed by atoms with E-state index in [9.17, 15) is 24.3 Å². The summed E-state index contributed by atoms with van der Waals surface area (Å²) in [7, 11) is 1.86. The maximum Gasteiger partial charge on any atom is 0.352 e. The Morgan fingerprint density at radius 2 is 2.17 bits per heavy atom. The highest BCUT2D eigenvalue weighted by molar-refractivity contribution is 8.01. The van der Waals surface area contributed by atoms with E-state index in [1.54, 1.807) is 12.3 Å². The highest BCUT2D eigenvalue weighted by atomic mass is 32.2. The molecule has 0 aliphatic carbocycles. The number of oxazole rings is 1. The van der Waals surface area contributed by atoms with Crippen LogP contribution in [0.25, 0.3) is 11.1 Å². The van der Waals surface area contributed by atoms with E-state index in [0.717, 1.165) is 16.2 Å². The Labute approximate surface area is 237 Å². The van der Waals surface area contributed by atoms with E-state index in [1.807, 2.05) is 17.8 Å². The van der Waals surface area contributed by atoms with E-state index in [1.165, 1.54) is 28.9 Å². The van der Waals surface area contributed by atoms with Gasteiger partial charge in [0.25, 0.3) is 17.0 Å². The van der Waals surface area contributed by atoms with Gasteiger partial charge >= 0.3 is 11.9 Å². The number of hydrogen-bond acceptors (Lipinski definition) is 13. The Morgan fingerprint density at radius 1 is 1.38 bits per heavy atom. The quantitative estimate of drug-likeness (QED) is 0.0789. The van der Waals surface area contributed by atoms with Gasteiger partial charge in [0, 0.05) is 23.0 Å². The van der Waals surface area contributed by atoms with Gasteiger partial charge in [0.1, 0.15) is 29.9 Å². The molecular weight excluding hydrogens is 586 g/mol. The minimum Gasteiger partial charge on any atom is -0.479 e. The fourth-order valence-corrected chi connectivity index (χ4v) is 6.79. The number of anilines is 1. The molecule has 2 aliphatic heterocycles. The summed E-state index contributed by atoms with van der Waals surface area (Å²) < 4.78 is 7.55. The number of nitrogens with two attached hydrogens (primary N) is 1. The number of aryl methyl sites for hydroxylation is 1. The minimum absolute atomic E-state index is 0.0312. The van der Waals surface area contributed by atoms with Crippen LogP contribution in [0.15, 0.2) is 49.9 Å². The molecular formula is C22H20N7O8S3+. The lowest BCUT2D eigenvalue weighted by molar-refractivity contribution is -0.670. The molecule has 2 atom stereocenters. The summed E-state index contributed by atoms with van der Waals surface area (Å²) in [6.45, 7) is -0.805. The first-order valence-electron chi connectivity index (χ1n) is 11.3. The number of carboxylic acid groups (broad SMARTS) is 2. The number of nitrogen functional groups attached to an aromatic ring is 1. The molecule has 18 heteroatoms. The fraction of sp³-hybridized carbons (Fsp3) is 0.273. The first-order valence-corrected chi connectivity index (χ1v) is 14.3. The molecule has 2 aliphatic rings. The van der Waals surface area contributed by atoms with Crippen LogP contribution in [0.4, 0.5) is 5.13 Å². The maximum atomic E-state index is 13.1. The average molecular weight is 607 g/mol. The van der Waals surface area contributed by atoms with Crippen molar-refractivity contribution < 1.29 is 43.2 Å². The first-order chi connectivity index (χ1) is 19.1. The van der Waals surface area contributed by atoms with Crippen molar-refractivity contribution in [1.29, 1.82) is 0 Å². The van der Waals surface area contributed by atoms with E-state index in [-0.39, 0.29) is 33.7 Å². The van der Waals surface area contributed by atoms with Gasteiger partial charge in [-0.05, 0) is 5.57 Å². The molecule has 0 aromatic carbocycles. The Bertz CT molecular complexity index is 1600. The van der Waals surface area contributed by atoms with Crippen molar-refractivity contribution in [2.75, 3.05) is 23.8 Å². The lowest BCUT2D eigenvalue weighted by atomic mass is 10.0. The number of carbonyl (C=O) groups is 4. The number of pyridine rings is 1. The molecule has 40 heavy (non-hydrogen) atoms. The number of carbonyl (C=O) groups excluding carboxylic acids is 2. The molecule has 2 amide bonds. The van der Waals surface area contributed by atoms with Crippen LogP contribution in [0.3, 0.4) is 0 Å². The fourth-order valence-electron chi connectivity index (χ4n) is 3.92. The number of thiazole rings is 1. The highest BCUT2D eigenvalue weighted by Crippen LogP contribution is 2.41. The van der Waals surface area contributed by atoms with E-state index >= 15 is 0 Å². The smallest absolute Gasteiger partial charge is 0.352 e. The number of thioether (sulfide) groups is 2. The number of aliphatic carboxylic acids is 2. The van der Waals surface area contributed by atoms with E-state index in [0.29, 0.717) is 21.9 Å². The second-order valence-corrected chi connectivity index (χ2v) is 11.3. The van der Waals surface area contributed by atoms with Crippen molar-refractivity contribution in [2.45, 2.75) is 16.6 Å². The van der Waals surface area contributed by atoms with Gasteiger partial charge in [0.2, 0.25) is 6.61 Å². The molecule has 0 bridgehead atoms. The average Bonchev–Trinajstić information content (AvgIpc) is 3.52. The third-order valence-corrected chi connectivity index (χ3v) is 8.61. The van der Waals surface area contributed by atoms with Crippen molar-refractivity contribution in [3.8, 4) is 0 Å². The molecule has 0 saturated carbocycles. The van der Waals surface area contributed by atoms with Crippen LogP contribution in [0.5, 0.6) is 0 Å². The molecule has 5 rings (SSSR count). The largest absolute Gasteiger partial charge is 0.479 e. The number of aromatic nitrogens is 3. The van der Waals surface area contributed by atoms with Crippen LogP contribution in [0, 0.1) is 0 Å². The standard InChI is InChI=1S/C22H19N7O8S3/c1-28-3-2-12-10(4-28)25-22(37-12)40-7-9-6-38-19-15(18(33)29(19)16(9)20(34)35)26-17(32)14(27-36-5-13(30)31)11-8-39-21(23)24-11/h2-4,8,15,19H,5-7H2,1H3,(H4-,23,24,26,30,31,32,34,35)/p+1/t15?,19-/m0/s1. The van der Waals surface area contributed by atoms with Gasteiger partial charge in [-0.25, -0.2) is 19.1 Å². The normalized spacial score (nSPS) is 18.9. The monoisotopic (exact) mass is 606 g/mol. The number of β-lactam (4-membered cyclic amide) rings is 1.